The SMILES string of the molecule is Cc1cc(O)c(I)c(C)c1Br. The zero-order chi connectivity index (χ0) is 8.59. The first-order valence-corrected chi connectivity index (χ1v) is 5.05. The van der Waals surface area contributed by atoms with Crippen molar-refractivity contribution in [2.45, 2.75) is 13.8 Å². The molecule has 1 rings (SSSR count). The largest absolute Gasteiger partial charge is 0.507 e. The first-order chi connectivity index (χ1) is 5.04. The normalized spacial score (nSPS) is 10.2. The quantitative estimate of drug-likeness (QED) is 0.725. The lowest BCUT2D eigenvalue weighted by molar-refractivity contribution is 0.470. The van der Waals surface area contributed by atoms with Crippen LogP contribution < -0.4 is 0 Å². The summed E-state index contributed by atoms with van der Waals surface area (Å²) in [7, 11) is 0. The van der Waals surface area contributed by atoms with Crippen LogP contribution in [0.2, 0.25) is 0 Å². The number of aryl methyl sites for hydroxylation is 1. The van der Waals surface area contributed by atoms with Crippen LogP contribution >= 0.6 is 38.5 Å². The molecule has 1 nitrogen and oxygen atoms in total. The highest BCUT2D eigenvalue weighted by Crippen LogP contribution is 2.31. The Balaban J connectivity index is 3.46. The van der Waals surface area contributed by atoms with Crippen molar-refractivity contribution in [1.29, 1.82) is 0 Å². The van der Waals surface area contributed by atoms with Gasteiger partial charge in [-0.05, 0) is 53.6 Å². The van der Waals surface area contributed by atoms with Crippen molar-refractivity contribution in [2.75, 3.05) is 0 Å². The number of rotatable bonds is 0. The Morgan fingerprint density at radius 1 is 1.45 bits per heavy atom. The summed E-state index contributed by atoms with van der Waals surface area (Å²) in [4.78, 5) is 0. The van der Waals surface area contributed by atoms with Crippen molar-refractivity contribution in [3.05, 3.63) is 25.2 Å². The topological polar surface area (TPSA) is 20.2 Å². The Labute approximate surface area is 88.1 Å². The number of phenolic OH excluding ortho intramolecular Hbond substituents is 1. The minimum atomic E-state index is 0.365. The van der Waals surface area contributed by atoms with E-state index >= 15 is 0 Å². The van der Waals surface area contributed by atoms with Crippen molar-refractivity contribution in [1.82, 2.24) is 0 Å². The van der Waals surface area contributed by atoms with Gasteiger partial charge in [0.1, 0.15) is 5.75 Å². The summed E-state index contributed by atoms with van der Waals surface area (Å²) in [6.45, 7) is 3.95. The molecule has 1 aromatic rings. The predicted octanol–water partition coefficient (Wildman–Crippen LogP) is 3.38. The van der Waals surface area contributed by atoms with E-state index in [0.717, 1.165) is 19.2 Å². The van der Waals surface area contributed by atoms with Gasteiger partial charge in [-0.2, -0.15) is 0 Å². The van der Waals surface area contributed by atoms with Crippen LogP contribution in [0.5, 0.6) is 5.75 Å². The maximum Gasteiger partial charge on any atom is 0.129 e. The van der Waals surface area contributed by atoms with Crippen LogP contribution in [-0.4, -0.2) is 5.11 Å². The van der Waals surface area contributed by atoms with E-state index < -0.39 is 0 Å². The van der Waals surface area contributed by atoms with Crippen LogP contribution in [0, 0.1) is 17.4 Å². The highest BCUT2D eigenvalue weighted by Gasteiger charge is 2.07. The van der Waals surface area contributed by atoms with E-state index in [4.69, 9.17) is 0 Å². The second-order valence-corrected chi connectivity index (χ2v) is 4.34. The van der Waals surface area contributed by atoms with Gasteiger partial charge < -0.3 is 5.11 Å². The van der Waals surface area contributed by atoms with Crippen LogP contribution in [0.3, 0.4) is 0 Å². The third kappa shape index (κ3) is 1.69. The highest BCUT2D eigenvalue weighted by atomic mass is 127. The molecule has 0 fully saturated rings. The fourth-order valence-corrected chi connectivity index (χ4v) is 2.02. The minimum Gasteiger partial charge on any atom is -0.507 e. The molecule has 0 amide bonds. The maximum absolute atomic E-state index is 9.38. The summed E-state index contributed by atoms with van der Waals surface area (Å²) in [5, 5.41) is 9.38. The monoisotopic (exact) mass is 326 g/mol. The number of benzene rings is 1. The molecule has 0 spiro atoms. The van der Waals surface area contributed by atoms with Crippen LogP contribution in [-0.2, 0) is 0 Å². The molecule has 60 valence electrons. The lowest BCUT2D eigenvalue weighted by atomic mass is 10.1. The van der Waals surface area contributed by atoms with E-state index in [1.54, 1.807) is 6.07 Å². The van der Waals surface area contributed by atoms with Crippen molar-refractivity contribution in [3.63, 3.8) is 0 Å². The van der Waals surface area contributed by atoms with Crippen molar-refractivity contribution in [2.24, 2.45) is 0 Å². The first kappa shape index (κ1) is 9.32. The van der Waals surface area contributed by atoms with Gasteiger partial charge in [-0.3, -0.25) is 0 Å². The standard InChI is InChI=1S/C8H8BrIO/c1-4-3-6(11)8(10)5(2)7(4)9/h3,11H,1-2H3. The molecule has 0 saturated heterocycles. The molecule has 0 radical (unpaired) electrons. The number of halogens is 2. The van der Waals surface area contributed by atoms with E-state index in [9.17, 15) is 5.11 Å². The Kier molecular flexibility index (Phi) is 2.80. The molecular formula is C8H8BrIO. The molecule has 0 unspecified atom stereocenters. The Morgan fingerprint density at radius 3 is 2.55 bits per heavy atom. The van der Waals surface area contributed by atoms with Crippen LogP contribution in [0.4, 0.5) is 0 Å². The van der Waals surface area contributed by atoms with Crippen LogP contribution in [0.1, 0.15) is 11.1 Å². The average molecular weight is 327 g/mol. The fraction of sp³-hybridized carbons (Fsp3) is 0.250. The molecule has 0 aliphatic rings. The van der Waals surface area contributed by atoms with Gasteiger partial charge in [-0.1, -0.05) is 15.9 Å². The fourth-order valence-electron chi connectivity index (χ4n) is 0.916. The second kappa shape index (κ2) is 3.31. The summed E-state index contributed by atoms with van der Waals surface area (Å²) in [6.07, 6.45) is 0. The van der Waals surface area contributed by atoms with Crippen molar-refractivity contribution in [3.8, 4) is 5.75 Å². The first-order valence-electron chi connectivity index (χ1n) is 3.18. The Morgan fingerprint density at radius 2 is 2.00 bits per heavy atom. The van der Waals surface area contributed by atoms with Gasteiger partial charge >= 0.3 is 0 Å². The molecule has 0 bridgehead atoms. The van der Waals surface area contributed by atoms with Gasteiger partial charge in [-0.15, -0.1) is 0 Å². The number of phenols is 1. The number of aromatic hydroxyl groups is 1. The molecule has 0 atom stereocenters. The average Bonchev–Trinajstić information content (AvgIpc) is 1.97. The molecule has 0 heterocycles. The molecule has 3 heteroatoms. The summed E-state index contributed by atoms with van der Waals surface area (Å²) >= 11 is 5.58. The van der Waals surface area contributed by atoms with Crippen LogP contribution in [0.15, 0.2) is 10.5 Å². The van der Waals surface area contributed by atoms with E-state index in [1.165, 1.54) is 0 Å². The maximum atomic E-state index is 9.38. The minimum absolute atomic E-state index is 0.365. The zero-order valence-corrected chi connectivity index (χ0v) is 10.0. The molecule has 1 N–H and O–H groups in total. The summed E-state index contributed by atoms with van der Waals surface area (Å²) in [5.74, 6) is 0.365. The number of hydrogen-bond acceptors (Lipinski definition) is 1. The third-order valence-electron chi connectivity index (χ3n) is 1.58. The Bertz CT molecular complexity index is 270. The lowest BCUT2D eigenvalue weighted by Gasteiger charge is -2.06. The number of hydrogen-bond donors (Lipinski definition) is 1. The summed E-state index contributed by atoms with van der Waals surface area (Å²) < 4.78 is 2.00. The Hall–Kier alpha value is 0.230. The van der Waals surface area contributed by atoms with Crippen LogP contribution in [0.25, 0.3) is 0 Å². The smallest absolute Gasteiger partial charge is 0.129 e. The lowest BCUT2D eigenvalue weighted by Crippen LogP contribution is -1.86. The van der Waals surface area contributed by atoms with Crippen molar-refractivity contribution >= 4 is 38.5 Å². The van der Waals surface area contributed by atoms with Gasteiger partial charge in [0.2, 0.25) is 0 Å². The predicted molar refractivity (Wildman–Crippen MR) is 58.0 cm³/mol. The van der Waals surface area contributed by atoms with Gasteiger partial charge in [0.15, 0.2) is 0 Å². The van der Waals surface area contributed by atoms with E-state index in [1.807, 2.05) is 13.8 Å². The molecule has 1 aromatic carbocycles. The van der Waals surface area contributed by atoms with Gasteiger partial charge in [0.05, 0.1) is 3.57 Å². The molecule has 0 aliphatic carbocycles. The second-order valence-electron chi connectivity index (χ2n) is 2.47. The highest BCUT2D eigenvalue weighted by molar-refractivity contribution is 14.1. The van der Waals surface area contributed by atoms with E-state index in [0.29, 0.717) is 5.75 Å². The molecule has 11 heavy (non-hydrogen) atoms. The van der Waals surface area contributed by atoms with E-state index in [-0.39, 0.29) is 0 Å². The molecule has 0 aliphatic heterocycles. The van der Waals surface area contributed by atoms with Gasteiger partial charge in [0.25, 0.3) is 0 Å². The molecule has 0 aromatic heterocycles. The van der Waals surface area contributed by atoms with Gasteiger partial charge in [-0.25, -0.2) is 0 Å². The summed E-state index contributed by atoms with van der Waals surface area (Å²) in [5.41, 5.74) is 2.17. The van der Waals surface area contributed by atoms with Gasteiger partial charge in [0, 0.05) is 4.47 Å². The third-order valence-corrected chi connectivity index (χ3v) is 4.16. The molecular weight excluding hydrogens is 319 g/mol. The summed E-state index contributed by atoms with van der Waals surface area (Å²) in [6, 6.07) is 1.76. The van der Waals surface area contributed by atoms with Crippen molar-refractivity contribution < 1.29 is 5.11 Å². The van der Waals surface area contributed by atoms with E-state index in [2.05, 4.69) is 38.5 Å². The molecule has 0 saturated carbocycles. The zero-order valence-electron chi connectivity index (χ0n) is 6.28.